The van der Waals surface area contributed by atoms with Crippen molar-refractivity contribution in [3.8, 4) is 0 Å². The summed E-state index contributed by atoms with van der Waals surface area (Å²) in [6.07, 6.45) is 1.31. The van der Waals surface area contributed by atoms with Crippen LogP contribution in [0.1, 0.15) is 40.0 Å². The summed E-state index contributed by atoms with van der Waals surface area (Å²) in [5, 5.41) is 10.3. The van der Waals surface area contributed by atoms with Gasteiger partial charge >= 0.3 is 8.80 Å². The monoisotopic (exact) mass is 263 g/mol. The third-order valence-electron chi connectivity index (χ3n) is 2.20. The predicted octanol–water partition coefficient (Wildman–Crippen LogP) is 0.953. The van der Waals surface area contributed by atoms with Crippen LogP contribution < -0.4 is 5.11 Å². The lowest BCUT2D eigenvalue weighted by molar-refractivity contribution is -0.305. The van der Waals surface area contributed by atoms with E-state index in [1.165, 1.54) is 0 Å². The maximum Gasteiger partial charge on any atom is 0.500 e. The molecule has 0 aliphatic carbocycles. The molecule has 0 atom stereocenters. The zero-order valence-electron chi connectivity index (χ0n) is 11.4. The SMILES string of the molecule is CO[Si](CCCCC(=O)[O-])(OC)OC(C)(C)C. The number of rotatable bonds is 8. The van der Waals surface area contributed by atoms with Gasteiger partial charge in [-0.2, -0.15) is 0 Å². The summed E-state index contributed by atoms with van der Waals surface area (Å²) in [5.41, 5.74) is -0.341. The second-order valence-corrected chi connectivity index (χ2v) is 7.77. The standard InChI is InChI=1S/C11H24O5Si/c1-11(2,3)16-17(14-4,15-5)9-7-6-8-10(12)13/h6-9H2,1-5H3,(H,12,13)/p-1. The maximum absolute atomic E-state index is 10.3. The highest BCUT2D eigenvalue weighted by atomic mass is 28.4. The first kappa shape index (κ1) is 16.6. The van der Waals surface area contributed by atoms with Gasteiger partial charge in [0.05, 0.1) is 5.60 Å². The number of carboxylic acid groups (broad SMARTS) is 1. The van der Waals surface area contributed by atoms with Gasteiger partial charge in [-0.3, -0.25) is 0 Å². The summed E-state index contributed by atoms with van der Waals surface area (Å²) >= 11 is 0. The molecule has 0 aliphatic heterocycles. The minimum atomic E-state index is -2.66. The second-order valence-electron chi connectivity index (χ2n) is 4.88. The molecular formula is C11H23O5Si-. The average molecular weight is 263 g/mol. The zero-order valence-corrected chi connectivity index (χ0v) is 12.4. The van der Waals surface area contributed by atoms with Gasteiger partial charge in [0.1, 0.15) is 0 Å². The Kier molecular flexibility index (Phi) is 6.92. The van der Waals surface area contributed by atoms with Crippen molar-refractivity contribution in [2.45, 2.75) is 51.7 Å². The third kappa shape index (κ3) is 7.48. The van der Waals surface area contributed by atoms with Crippen LogP contribution in [-0.4, -0.2) is 34.6 Å². The predicted molar refractivity (Wildman–Crippen MR) is 64.3 cm³/mol. The molecular weight excluding hydrogens is 240 g/mol. The van der Waals surface area contributed by atoms with Gasteiger partial charge in [0.25, 0.3) is 0 Å². The van der Waals surface area contributed by atoms with E-state index in [0.717, 1.165) is 0 Å². The van der Waals surface area contributed by atoms with Gasteiger partial charge in [-0.15, -0.1) is 0 Å². The van der Waals surface area contributed by atoms with E-state index in [1.54, 1.807) is 14.2 Å². The minimum absolute atomic E-state index is 0.0629. The molecule has 0 saturated heterocycles. The molecule has 0 aliphatic rings. The van der Waals surface area contributed by atoms with E-state index in [0.29, 0.717) is 18.9 Å². The van der Waals surface area contributed by atoms with Gasteiger partial charge in [-0.1, -0.05) is 0 Å². The molecule has 0 spiro atoms. The highest BCUT2D eigenvalue weighted by Gasteiger charge is 2.41. The molecule has 0 amide bonds. The lowest BCUT2D eigenvalue weighted by Crippen LogP contribution is -2.49. The van der Waals surface area contributed by atoms with Crippen molar-refractivity contribution in [2.75, 3.05) is 14.2 Å². The Morgan fingerprint density at radius 3 is 2.06 bits per heavy atom. The Bertz CT molecular complexity index is 233. The number of unbranched alkanes of at least 4 members (excludes halogenated alkanes) is 1. The summed E-state index contributed by atoms with van der Waals surface area (Å²) in [5.74, 6) is -1.02. The Morgan fingerprint density at radius 1 is 1.18 bits per heavy atom. The van der Waals surface area contributed by atoms with Crippen molar-refractivity contribution in [1.82, 2.24) is 0 Å². The number of aliphatic carboxylic acids is 1. The van der Waals surface area contributed by atoms with Crippen LogP contribution >= 0.6 is 0 Å². The molecule has 0 fully saturated rings. The molecule has 0 saturated carbocycles. The van der Waals surface area contributed by atoms with Crippen LogP contribution in [0.3, 0.4) is 0 Å². The highest BCUT2D eigenvalue weighted by molar-refractivity contribution is 6.60. The molecule has 0 radical (unpaired) electrons. The largest absolute Gasteiger partial charge is 0.550 e. The fourth-order valence-electron chi connectivity index (χ4n) is 1.50. The smallest absolute Gasteiger partial charge is 0.500 e. The maximum atomic E-state index is 10.3. The number of carbonyl (C=O) groups excluding carboxylic acids is 1. The third-order valence-corrected chi connectivity index (χ3v) is 5.33. The lowest BCUT2D eigenvalue weighted by Gasteiger charge is -2.33. The summed E-state index contributed by atoms with van der Waals surface area (Å²) in [6, 6.07) is 0.616. The summed E-state index contributed by atoms with van der Waals surface area (Å²) < 4.78 is 16.7. The van der Waals surface area contributed by atoms with Crippen molar-refractivity contribution < 1.29 is 23.2 Å². The molecule has 0 aromatic carbocycles. The van der Waals surface area contributed by atoms with Crippen LogP contribution in [0.2, 0.25) is 6.04 Å². The Hall–Kier alpha value is -0.433. The van der Waals surface area contributed by atoms with E-state index < -0.39 is 14.8 Å². The number of hydrogen-bond acceptors (Lipinski definition) is 5. The molecule has 0 unspecified atom stereocenters. The molecule has 5 nitrogen and oxygen atoms in total. The van der Waals surface area contributed by atoms with Gasteiger partial charge in [0, 0.05) is 26.2 Å². The number of hydrogen-bond donors (Lipinski definition) is 0. The normalized spacial score (nSPS) is 12.8. The van der Waals surface area contributed by atoms with E-state index in [-0.39, 0.29) is 12.0 Å². The van der Waals surface area contributed by atoms with Gasteiger partial charge in [-0.25, -0.2) is 0 Å². The molecule has 102 valence electrons. The van der Waals surface area contributed by atoms with Gasteiger partial charge in [0.2, 0.25) is 0 Å². The van der Waals surface area contributed by atoms with Crippen LogP contribution in [0.25, 0.3) is 0 Å². The van der Waals surface area contributed by atoms with Crippen molar-refractivity contribution in [2.24, 2.45) is 0 Å². The zero-order chi connectivity index (χ0) is 13.5. The molecule has 0 aromatic rings. The van der Waals surface area contributed by atoms with E-state index >= 15 is 0 Å². The molecule has 6 heteroatoms. The van der Waals surface area contributed by atoms with Crippen molar-refractivity contribution >= 4 is 14.8 Å². The van der Waals surface area contributed by atoms with Crippen LogP contribution in [0, 0.1) is 0 Å². The number of carbonyl (C=O) groups is 1. The summed E-state index contributed by atoms with van der Waals surface area (Å²) in [7, 11) is 0.475. The van der Waals surface area contributed by atoms with E-state index in [2.05, 4.69) is 0 Å². The first-order valence-electron chi connectivity index (χ1n) is 5.75. The van der Waals surface area contributed by atoms with Crippen LogP contribution in [0.15, 0.2) is 0 Å². The Labute approximate surface area is 104 Å². The van der Waals surface area contributed by atoms with Crippen LogP contribution in [0.4, 0.5) is 0 Å². The van der Waals surface area contributed by atoms with Crippen molar-refractivity contribution in [3.63, 3.8) is 0 Å². The van der Waals surface area contributed by atoms with Crippen LogP contribution in [0.5, 0.6) is 0 Å². The second kappa shape index (κ2) is 7.10. The van der Waals surface area contributed by atoms with E-state index in [9.17, 15) is 9.90 Å². The molecule has 0 heterocycles. The topological polar surface area (TPSA) is 67.8 Å². The lowest BCUT2D eigenvalue weighted by atomic mass is 10.2. The Balaban J connectivity index is 4.26. The molecule has 0 aromatic heterocycles. The molecule has 0 bridgehead atoms. The fraction of sp³-hybridized carbons (Fsp3) is 0.909. The first-order chi connectivity index (χ1) is 7.74. The first-order valence-corrected chi connectivity index (χ1v) is 7.68. The molecule has 0 rings (SSSR count). The van der Waals surface area contributed by atoms with Gasteiger partial charge in [-0.05, 0) is 40.0 Å². The van der Waals surface area contributed by atoms with Gasteiger partial charge < -0.3 is 23.2 Å². The van der Waals surface area contributed by atoms with E-state index in [4.69, 9.17) is 13.3 Å². The van der Waals surface area contributed by atoms with E-state index in [1.807, 2.05) is 20.8 Å². The van der Waals surface area contributed by atoms with Crippen LogP contribution in [-0.2, 0) is 18.1 Å². The summed E-state index contributed by atoms with van der Waals surface area (Å²) in [4.78, 5) is 10.3. The summed E-state index contributed by atoms with van der Waals surface area (Å²) in [6.45, 7) is 5.82. The van der Waals surface area contributed by atoms with Crippen molar-refractivity contribution in [3.05, 3.63) is 0 Å². The fourth-order valence-corrected chi connectivity index (χ4v) is 3.96. The molecule has 17 heavy (non-hydrogen) atoms. The van der Waals surface area contributed by atoms with Crippen molar-refractivity contribution in [1.29, 1.82) is 0 Å². The Morgan fingerprint density at radius 2 is 1.71 bits per heavy atom. The molecule has 0 N–H and O–H groups in total. The highest BCUT2D eigenvalue weighted by Crippen LogP contribution is 2.24. The minimum Gasteiger partial charge on any atom is -0.550 e. The quantitative estimate of drug-likeness (QED) is 0.482. The van der Waals surface area contributed by atoms with Gasteiger partial charge in [0.15, 0.2) is 0 Å². The average Bonchev–Trinajstić information content (AvgIpc) is 2.20. The number of carboxylic acids is 1.